The number of benzene rings is 1. The monoisotopic (exact) mass is 323 g/mol. The number of aliphatic hydroxyl groups is 2. The number of unbranched alkanes of at least 4 members (excludes halogenated alkanes) is 2. The molecule has 3 N–H and O–H groups in total. The Labute approximate surface area is 138 Å². The first-order chi connectivity index (χ1) is 11.1. The minimum Gasteiger partial charge on any atom is -0.445 e. The number of carbonyl (C=O) groups excluding carboxylic acids is 1. The topological polar surface area (TPSA) is 78.8 Å². The number of alkyl carbamates (subject to hydrolysis) is 1. The molecule has 5 heteroatoms. The number of aliphatic hydroxyl groups excluding tert-OH is 2. The highest BCUT2D eigenvalue weighted by molar-refractivity contribution is 5.67. The van der Waals surface area contributed by atoms with Gasteiger partial charge in [0.05, 0.1) is 12.2 Å². The highest BCUT2D eigenvalue weighted by atomic mass is 16.5. The molecule has 23 heavy (non-hydrogen) atoms. The quantitative estimate of drug-likeness (QED) is 0.547. The minimum absolute atomic E-state index is 0.242. The lowest BCUT2D eigenvalue weighted by Gasteiger charge is -2.17. The van der Waals surface area contributed by atoms with Crippen LogP contribution in [0, 0.1) is 0 Å². The van der Waals surface area contributed by atoms with E-state index >= 15 is 0 Å². The molecule has 130 valence electrons. The van der Waals surface area contributed by atoms with E-state index in [2.05, 4.69) is 12.2 Å². The van der Waals surface area contributed by atoms with E-state index in [0.29, 0.717) is 25.8 Å². The van der Waals surface area contributed by atoms with Crippen LogP contribution in [0.2, 0.25) is 0 Å². The molecule has 1 aromatic carbocycles. The summed E-state index contributed by atoms with van der Waals surface area (Å²) in [5.41, 5.74) is 0.938. The second kappa shape index (κ2) is 11.9. The third-order valence-corrected chi connectivity index (χ3v) is 3.71. The fraction of sp³-hybridized carbons (Fsp3) is 0.611. The second-order valence-corrected chi connectivity index (χ2v) is 5.76. The fourth-order valence-electron chi connectivity index (χ4n) is 2.26. The maximum absolute atomic E-state index is 11.5. The van der Waals surface area contributed by atoms with Gasteiger partial charge in [-0.25, -0.2) is 4.79 Å². The van der Waals surface area contributed by atoms with E-state index in [1.165, 1.54) is 0 Å². The zero-order valence-electron chi connectivity index (χ0n) is 13.9. The molecule has 0 aliphatic heterocycles. The normalized spacial score (nSPS) is 13.3. The molecular weight excluding hydrogens is 294 g/mol. The first kappa shape index (κ1) is 19.5. The average molecular weight is 323 g/mol. The molecular formula is C18H29NO4. The molecule has 0 aliphatic rings. The molecule has 1 aromatic rings. The van der Waals surface area contributed by atoms with Gasteiger partial charge in [0, 0.05) is 6.54 Å². The molecule has 0 unspecified atom stereocenters. The molecule has 0 radical (unpaired) electrons. The molecule has 2 atom stereocenters. The highest BCUT2D eigenvalue weighted by Crippen LogP contribution is 2.10. The smallest absolute Gasteiger partial charge is 0.407 e. The van der Waals surface area contributed by atoms with Crippen molar-refractivity contribution in [1.82, 2.24) is 5.32 Å². The molecule has 5 nitrogen and oxygen atoms in total. The van der Waals surface area contributed by atoms with Crippen LogP contribution in [-0.4, -0.2) is 35.1 Å². The van der Waals surface area contributed by atoms with Gasteiger partial charge in [0.1, 0.15) is 6.61 Å². The zero-order valence-corrected chi connectivity index (χ0v) is 13.9. The van der Waals surface area contributed by atoms with Gasteiger partial charge in [-0.2, -0.15) is 0 Å². The number of carbonyl (C=O) groups is 1. The van der Waals surface area contributed by atoms with Gasteiger partial charge < -0.3 is 20.3 Å². The molecule has 0 bridgehead atoms. The van der Waals surface area contributed by atoms with E-state index in [-0.39, 0.29) is 6.61 Å². The Hall–Kier alpha value is -1.59. The lowest BCUT2D eigenvalue weighted by molar-refractivity contribution is 0.00758. The third kappa shape index (κ3) is 9.21. The Morgan fingerprint density at radius 1 is 1.09 bits per heavy atom. The first-order valence-corrected chi connectivity index (χ1v) is 8.44. The summed E-state index contributed by atoms with van der Waals surface area (Å²) in [6.07, 6.45) is 2.92. The summed E-state index contributed by atoms with van der Waals surface area (Å²) in [7, 11) is 0. The fourth-order valence-corrected chi connectivity index (χ4v) is 2.26. The van der Waals surface area contributed by atoms with E-state index in [4.69, 9.17) is 4.74 Å². The number of nitrogens with one attached hydrogen (secondary N) is 1. The number of rotatable bonds is 11. The standard InChI is InChI=1S/C18H29NO4/c1-2-3-5-11-16(20)17(21)12-8-13-19-18(22)23-14-15-9-6-4-7-10-15/h4,6-7,9-10,16-17,20-21H,2-3,5,8,11-14H2,1H3,(H,19,22)/t16-,17-/m0/s1. The molecule has 0 aliphatic carbocycles. The van der Waals surface area contributed by atoms with Gasteiger partial charge in [-0.1, -0.05) is 56.5 Å². The number of hydrogen-bond acceptors (Lipinski definition) is 4. The van der Waals surface area contributed by atoms with E-state index in [1.807, 2.05) is 30.3 Å². The van der Waals surface area contributed by atoms with Crippen molar-refractivity contribution in [2.24, 2.45) is 0 Å². The van der Waals surface area contributed by atoms with E-state index < -0.39 is 18.3 Å². The van der Waals surface area contributed by atoms with Crippen molar-refractivity contribution >= 4 is 6.09 Å². The van der Waals surface area contributed by atoms with Gasteiger partial charge in [-0.15, -0.1) is 0 Å². The highest BCUT2D eigenvalue weighted by Gasteiger charge is 2.15. The predicted molar refractivity (Wildman–Crippen MR) is 90.0 cm³/mol. The van der Waals surface area contributed by atoms with Gasteiger partial charge in [0.2, 0.25) is 0 Å². The van der Waals surface area contributed by atoms with Crippen molar-refractivity contribution in [1.29, 1.82) is 0 Å². The molecule has 1 amide bonds. The number of ether oxygens (including phenoxy) is 1. The van der Waals surface area contributed by atoms with Gasteiger partial charge in [0.15, 0.2) is 0 Å². The number of hydrogen-bond donors (Lipinski definition) is 3. The Morgan fingerprint density at radius 3 is 2.39 bits per heavy atom. The third-order valence-electron chi connectivity index (χ3n) is 3.71. The minimum atomic E-state index is -0.728. The Bertz CT molecular complexity index is 424. The first-order valence-electron chi connectivity index (χ1n) is 8.44. The van der Waals surface area contributed by atoms with Crippen LogP contribution in [0.1, 0.15) is 51.0 Å². The summed E-state index contributed by atoms with van der Waals surface area (Å²) in [4.78, 5) is 11.5. The van der Waals surface area contributed by atoms with Crippen LogP contribution in [0.4, 0.5) is 4.79 Å². The van der Waals surface area contributed by atoms with Crippen molar-refractivity contribution in [3.63, 3.8) is 0 Å². The largest absolute Gasteiger partial charge is 0.445 e. The van der Waals surface area contributed by atoms with E-state index in [9.17, 15) is 15.0 Å². The summed E-state index contributed by atoms with van der Waals surface area (Å²) in [6, 6.07) is 9.48. The summed E-state index contributed by atoms with van der Waals surface area (Å²) in [5.74, 6) is 0. The van der Waals surface area contributed by atoms with E-state index in [0.717, 1.165) is 24.8 Å². The Balaban J connectivity index is 2.06. The molecule has 0 heterocycles. The van der Waals surface area contributed by atoms with Crippen molar-refractivity contribution in [2.75, 3.05) is 6.54 Å². The maximum Gasteiger partial charge on any atom is 0.407 e. The molecule has 0 saturated heterocycles. The maximum atomic E-state index is 11.5. The lowest BCUT2D eigenvalue weighted by Crippen LogP contribution is -2.29. The molecule has 0 spiro atoms. The van der Waals surface area contributed by atoms with Crippen LogP contribution in [0.3, 0.4) is 0 Å². The van der Waals surface area contributed by atoms with Gasteiger partial charge in [-0.05, 0) is 24.8 Å². The van der Waals surface area contributed by atoms with Crippen molar-refractivity contribution in [3.8, 4) is 0 Å². The summed E-state index contributed by atoms with van der Waals surface area (Å²) in [5, 5.41) is 22.3. The molecule has 0 fully saturated rings. The van der Waals surface area contributed by atoms with Gasteiger partial charge >= 0.3 is 6.09 Å². The Kier molecular flexibility index (Phi) is 10.1. The summed E-state index contributed by atoms with van der Waals surface area (Å²) >= 11 is 0. The van der Waals surface area contributed by atoms with Crippen molar-refractivity contribution < 1.29 is 19.7 Å². The predicted octanol–water partition coefficient (Wildman–Crippen LogP) is 3.00. The van der Waals surface area contributed by atoms with Gasteiger partial charge in [-0.3, -0.25) is 0 Å². The zero-order chi connectivity index (χ0) is 16.9. The van der Waals surface area contributed by atoms with E-state index in [1.54, 1.807) is 0 Å². The molecule has 0 aromatic heterocycles. The second-order valence-electron chi connectivity index (χ2n) is 5.76. The van der Waals surface area contributed by atoms with Crippen LogP contribution in [0.25, 0.3) is 0 Å². The van der Waals surface area contributed by atoms with Crippen molar-refractivity contribution in [2.45, 2.75) is 64.3 Å². The van der Waals surface area contributed by atoms with Crippen LogP contribution in [-0.2, 0) is 11.3 Å². The SMILES string of the molecule is CCCCC[C@H](O)[C@@H](O)CCCNC(=O)OCc1ccccc1. The average Bonchev–Trinajstić information content (AvgIpc) is 2.57. The lowest BCUT2D eigenvalue weighted by atomic mass is 10.0. The van der Waals surface area contributed by atoms with Crippen LogP contribution in [0.15, 0.2) is 30.3 Å². The Morgan fingerprint density at radius 2 is 1.74 bits per heavy atom. The van der Waals surface area contributed by atoms with Crippen LogP contribution < -0.4 is 5.32 Å². The van der Waals surface area contributed by atoms with Gasteiger partial charge in [0.25, 0.3) is 0 Å². The molecule has 0 saturated carbocycles. The molecule has 1 rings (SSSR count). The van der Waals surface area contributed by atoms with Crippen LogP contribution in [0.5, 0.6) is 0 Å². The number of amides is 1. The summed E-state index contributed by atoms with van der Waals surface area (Å²) < 4.78 is 5.09. The van der Waals surface area contributed by atoms with Crippen LogP contribution >= 0.6 is 0 Å². The summed E-state index contributed by atoms with van der Waals surface area (Å²) in [6.45, 7) is 2.77. The van der Waals surface area contributed by atoms with Crippen molar-refractivity contribution in [3.05, 3.63) is 35.9 Å².